The number of thiazole rings is 1. The molecule has 0 fully saturated rings. The lowest BCUT2D eigenvalue weighted by Gasteiger charge is -2.26. The molecular formula is C18H16N4O3S. The van der Waals surface area contributed by atoms with Crippen LogP contribution in [0.2, 0.25) is 0 Å². The first-order valence-electron chi connectivity index (χ1n) is 8.15. The Kier molecular flexibility index (Phi) is 4.74. The summed E-state index contributed by atoms with van der Waals surface area (Å²) in [7, 11) is 0. The molecule has 132 valence electrons. The van der Waals surface area contributed by atoms with Gasteiger partial charge in [0.15, 0.2) is 22.3 Å². The monoisotopic (exact) mass is 368 g/mol. The third kappa shape index (κ3) is 3.80. The topological polar surface area (TPSA) is 86.2 Å². The minimum absolute atomic E-state index is 0.113. The van der Waals surface area contributed by atoms with Crippen molar-refractivity contribution < 1.29 is 14.3 Å². The molecule has 7 nitrogen and oxygen atoms in total. The minimum atomic E-state index is -0.211. The second-order valence-electron chi connectivity index (χ2n) is 5.69. The number of rotatable bonds is 5. The minimum Gasteiger partial charge on any atom is -0.486 e. The highest BCUT2D eigenvalue weighted by Crippen LogP contribution is 2.30. The molecule has 0 spiro atoms. The molecule has 0 radical (unpaired) electrons. The quantitative estimate of drug-likeness (QED) is 0.742. The maximum absolute atomic E-state index is 12.2. The van der Waals surface area contributed by atoms with Gasteiger partial charge in [-0.15, -0.1) is 11.3 Å². The van der Waals surface area contributed by atoms with Crippen LogP contribution in [0, 0.1) is 0 Å². The molecule has 0 saturated carbocycles. The zero-order valence-corrected chi connectivity index (χ0v) is 14.6. The average molecular weight is 368 g/mol. The van der Waals surface area contributed by atoms with Gasteiger partial charge in [0.1, 0.15) is 12.7 Å². The maximum Gasteiger partial charge on any atom is 0.226 e. The lowest BCUT2D eigenvalue weighted by molar-refractivity contribution is -0.121. The normalized spacial score (nSPS) is 15.5. The largest absolute Gasteiger partial charge is 0.486 e. The molecule has 1 aliphatic heterocycles. The Morgan fingerprint density at radius 2 is 2.00 bits per heavy atom. The Morgan fingerprint density at radius 3 is 2.85 bits per heavy atom. The van der Waals surface area contributed by atoms with Crippen LogP contribution in [0.1, 0.15) is 5.69 Å². The number of amides is 1. The molecule has 8 heteroatoms. The molecule has 26 heavy (non-hydrogen) atoms. The molecule has 3 aromatic rings. The second-order valence-corrected chi connectivity index (χ2v) is 6.55. The van der Waals surface area contributed by atoms with E-state index in [4.69, 9.17) is 9.47 Å². The van der Waals surface area contributed by atoms with Crippen LogP contribution >= 0.6 is 11.3 Å². The maximum atomic E-state index is 12.2. The van der Waals surface area contributed by atoms with Crippen molar-refractivity contribution in [2.24, 2.45) is 0 Å². The van der Waals surface area contributed by atoms with Crippen molar-refractivity contribution in [3.8, 4) is 22.3 Å². The highest BCUT2D eigenvalue weighted by atomic mass is 32.1. The number of fused-ring (bicyclic) bond motifs is 1. The molecule has 2 aromatic heterocycles. The van der Waals surface area contributed by atoms with Crippen LogP contribution in [0.3, 0.4) is 0 Å². The van der Waals surface area contributed by atoms with Crippen molar-refractivity contribution in [3.63, 3.8) is 0 Å². The number of ether oxygens (including phenoxy) is 2. The van der Waals surface area contributed by atoms with Crippen molar-refractivity contribution in [2.45, 2.75) is 12.5 Å². The van der Waals surface area contributed by atoms with Gasteiger partial charge in [0.05, 0.1) is 18.7 Å². The highest BCUT2D eigenvalue weighted by Gasteiger charge is 2.21. The van der Waals surface area contributed by atoms with Crippen molar-refractivity contribution >= 4 is 17.2 Å². The van der Waals surface area contributed by atoms with Gasteiger partial charge in [-0.05, 0) is 18.2 Å². The summed E-state index contributed by atoms with van der Waals surface area (Å²) in [6, 6.07) is 9.25. The fraction of sp³-hybridized carbons (Fsp3) is 0.222. The summed E-state index contributed by atoms with van der Waals surface area (Å²) in [6.45, 7) is 0.787. The van der Waals surface area contributed by atoms with E-state index < -0.39 is 0 Å². The lowest BCUT2D eigenvalue weighted by atomic mass is 10.2. The zero-order valence-electron chi connectivity index (χ0n) is 13.8. The highest BCUT2D eigenvalue weighted by molar-refractivity contribution is 7.13. The Balaban J connectivity index is 1.29. The van der Waals surface area contributed by atoms with Crippen LogP contribution in [-0.4, -0.2) is 40.1 Å². The summed E-state index contributed by atoms with van der Waals surface area (Å²) < 4.78 is 11.5. The van der Waals surface area contributed by atoms with Gasteiger partial charge in [-0.1, -0.05) is 12.1 Å². The van der Waals surface area contributed by atoms with Crippen LogP contribution in [0.5, 0.6) is 11.5 Å². The molecule has 1 atom stereocenters. The molecule has 1 aliphatic rings. The summed E-state index contributed by atoms with van der Waals surface area (Å²) in [5.41, 5.74) is 0.695. The van der Waals surface area contributed by atoms with Gasteiger partial charge >= 0.3 is 0 Å². The zero-order chi connectivity index (χ0) is 17.8. The number of hydrogen-bond donors (Lipinski definition) is 1. The SMILES string of the molecule is O=C(Cc1csc(-c2ncccn2)n1)NCC1COc2ccccc2O1. The molecule has 0 bridgehead atoms. The Bertz CT molecular complexity index is 900. The molecular weight excluding hydrogens is 352 g/mol. The molecule has 1 N–H and O–H groups in total. The average Bonchev–Trinajstić information content (AvgIpc) is 3.15. The van der Waals surface area contributed by atoms with E-state index in [0.717, 1.165) is 5.75 Å². The van der Waals surface area contributed by atoms with Crippen molar-refractivity contribution in [1.82, 2.24) is 20.3 Å². The van der Waals surface area contributed by atoms with Gasteiger partial charge in [-0.25, -0.2) is 15.0 Å². The summed E-state index contributed by atoms with van der Waals surface area (Å²) in [5, 5.41) is 5.42. The van der Waals surface area contributed by atoms with Gasteiger partial charge in [0, 0.05) is 17.8 Å². The molecule has 0 aliphatic carbocycles. The smallest absolute Gasteiger partial charge is 0.226 e. The third-order valence-electron chi connectivity index (χ3n) is 3.74. The molecule has 4 rings (SSSR count). The number of aromatic nitrogens is 3. The number of nitrogens with zero attached hydrogens (tertiary/aromatic N) is 3. The summed E-state index contributed by atoms with van der Waals surface area (Å²) in [4.78, 5) is 24.9. The van der Waals surface area contributed by atoms with E-state index >= 15 is 0 Å². The fourth-order valence-electron chi connectivity index (χ4n) is 2.52. The summed E-state index contributed by atoms with van der Waals surface area (Å²) in [5.74, 6) is 1.88. The van der Waals surface area contributed by atoms with E-state index in [1.807, 2.05) is 29.6 Å². The van der Waals surface area contributed by atoms with Gasteiger partial charge < -0.3 is 14.8 Å². The third-order valence-corrected chi connectivity index (χ3v) is 4.63. The van der Waals surface area contributed by atoms with Crippen LogP contribution in [0.4, 0.5) is 0 Å². The summed E-state index contributed by atoms with van der Waals surface area (Å²) in [6.07, 6.45) is 3.33. The van der Waals surface area contributed by atoms with E-state index in [0.29, 0.717) is 35.4 Å². The van der Waals surface area contributed by atoms with Crippen LogP contribution in [0.25, 0.3) is 10.8 Å². The fourth-order valence-corrected chi connectivity index (χ4v) is 3.28. The first-order chi connectivity index (χ1) is 12.8. The van der Waals surface area contributed by atoms with E-state index in [2.05, 4.69) is 20.3 Å². The first-order valence-corrected chi connectivity index (χ1v) is 9.03. The molecule has 1 aromatic carbocycles. The molecule has 1 unspecified atom stereocenters. The number of hydrogen-bond acceptors (Lipinski definition) is 7. The van der Waals surface area contributed by atoms with Crippen LogP contribution in [0.15, 0.2) is 48.1 Å². The first kappa shape index (κ1) is 16.5. The van der Waals surface area contributed by atoms with Gasteiger partial charge in [0.2, 0.25) is 5.91 Å². The lowest BCUT2D eigenvalue weighted by Crippen LogP contribution is -2.41. The van der Waals surface area contributed by atoms with Crippen LogP contribution in [-0.2, 0) is 11.2 Å². The van der Waals surface area contributed by atoms with Gasteiger partial charge in [0.25, 0.3) is 0 Å². The second kappa shape index (κ2) is 7.49. The van der Waals surface area contributed by atoms with Crippen LogP contribution < -0.4 is 14.8 Å². The number of carbonyl (C=O) groups is 1. The number of nitrogens with one attached hydrogen (secondary N) is 1. The number of para-hydroxylation sites is 2. The standard InChI is InChI=1S/C18H16N4O3S/c23-16(8-12-11-26-18(22-12)17-19-6-3-7-20-17)21-9-13-10-24-14-4-1-2-5-15(14)25-13/h1-7,11,13H,8-10H2,(H,21,23). The molecule has 3 heterocycles. The van der Waals surface area contributed by atoms with Gasteiger partial charge in [-0.2, -0.15) is 0 Å². The van der Waals surface area contributed by atoms with E-state index in [9.17, 15) is 4.79 Å². The Labute approximate surface area is 154 Å². The number of benzene rings is 1. The summed E-state index contributed by atoms with van der Waals surface area (Å²) >= 11 is 1.42. The van der Waals surface area contributed by atoms with Crippen molar-refractivity contribution in [3.05, 3.63) is 53.8 Å². The number of carbonyl (C=O) groups excluding carboxylic acids is 1. The Hall–Kier alpha value is -3.00. The predicted octanol–water partition coefficient (Wildman–Crippen LogP) is 2.10. The van der Waals surface area contributed by atoms with E-state index in [1.165, 1.54) is 11.3 Å². The molecule has 0 saturated heterocycles. The van der Waals surface area contributed by atoms with E-state index in [-0.39, 0.29) is 18.4 Å². The van der Waals surface area contributed by atoms with Crippen molar-refractivity contribution in [1.29, 1.82) is 0 Å². The van der Waals surface area contributed by atoms with Gasteiger partial charge in [-0.3, -0.25) is 4.79 Å². The Morgan fingerprint density at radius 1 is 1.19 bits per heavy atom. The predicted molar refractivity (Wildman–Crippen MR) is 96.2 cm³/mol. The van der Waals surface area contributed by atoms with E-state index in [1.54, 1.807) is 18.5 Å². The van der Waals surface area contributed by atoms with Crippen molar-refractivity contribution in [2.75, 3.05) is 13.2 Å². The molecule has 1 amide bonds.